The van der Waals surface area contributed by atoms with E-state index < -0.39 is 0 Å². The summed E-state index contributed by atoms with van der Waals surface area (Å²) in [7, 11) is 0. The van der Waals surface area contributed by atoms with Crippen LogP contribution in [0.1, 0.15) is 29.9 Å². The fraction of sp³-hybridized carbons (Fsp3) is 0.259. The van der Waals surface area contributed by atoms with Gasteiger partial charge in [-0.2, -0.15) is 0 Å². The fourth-order valence-corrected chi connectivity index (χ4v) is 5.09. The molecule has 12 heteroatoms. The van der Waals surface area contributed by atoms with Crippen LogP contribution in [0.3, 0.4) is 0 Å². The predicted molar refractivity (Wildman–Crippen MR) is 149 cm³/mol. The first-order valence-corrected chi connectivity index (χ1v) is 12.9. The number of carbonyl (C=O) groups excluding carboxylic acids is 1. The SMILES string of the molecule is Cc1cn2cc(NC(=O)c3ccc(N4CC(C)NC(C)C4)c4nccnc34)cc(Oc3ncc(Cl)cn3)c2n1. The van der Waals surface area contributed by atoms with Crippen molar-refractivity contribution in [3.63, 3.8) is 0 Å². The molecule has 198 valence electrons. The number of hydrogen-bond donors (Lipinski definition) is 2. The summed E-state index contributed by atoms with van der Waals surface area (Å²) in [5, 5.41) is 6.92. The summed E-state index contributed by atoms with van der Waals surface area (Å²) in [5.41, 5.74) is 4.46. The smallest absolute Gasteiger partial charge is 0.322 e. The van der Waals surface area contributed by atoms with Crippen LogP contribution in [0, 0.1) is 6.92 Å². The van der Waals surface area contributed by atoms with Gasteiger partial charge in [0, 0.05) is 56.0 Å². The Hall–Kier alpha value is -4.35. The number of fused-ring (bicyclic) bond motifs is 2. The highest BCUT2D eigenvalue weighted by molar-refractivity contribution is 6.30. The van der Waals surface area contributed by atoms with E-state index in [9.17, 15) is 4.79 Å². The molecule has 2 N–H and O–H groups in total. The van der Waals surface area contributed by atoms with E-state index in [1.807, 2.05) is 19.2 Å². The number of aromatic nitrogens is 6. The number of halogens is 1. The van der Waals surface area contributed by atoms with Gasteiger partial charge in [-0.1, -0.05) is 11.6 Å². The maximum Gasteiger partial charge on any atom is 0.322 e. The number of pyridine rings is 1. The van der Waals surface area contributed by atoms with Crippen LogP contribution < -0.4 is 20.3 Å². The third kappa shape index (κ3) is 5.06. The molecule has 5 aromatic rings. The molecule has 4 aromatic heterocycles. The molecule has 1 aromatic carbocycles. The highest BCUT2D eigenvalue weighted by Gasteiger charge is 2.25. The molecular formula is C27H26ClN9O2. The number of rotatable bonds is 5. The van der Waals surface area contributed by atoms with Gasteiger partial charge >= 0.3 is 6.01 Å². The monoisotopic (exact) mass is 543 g/mol. The molecule has 5 heterocycles. The average molecular weight is 544 g/mol. The normalized spacial score (nSPS) is 17.5. The largest absolute Gasteiger partial charge is 0.420 e. The van der Waals surface area contributed by atoms with Crippen LogP contribution in [-0.2, 0) is 0 Å². The Morgan fingerprint density at radius 3 is 2.51 bits per heavy atom. The topological polar surface area (TPSA) is 122 Å². The molecule has 1 amide bonds. The molecule has 0 saturated carbocycles. The second-order valence-electron chi connectivity index (χ2n) is 9.71. The number of carbonyl (C=O) groups is 1. The lowest BCUT2D eigenvalue weighted by Crippen LogP contribution is -2.54. The maximum atomic E-state index is 13.6. The summed E-state index contributed by atoms with van der Waals surface area (Å²) in [6, 6.07) is 6.21. The Kier molecular flexibility index (Phi) is 6.45. The average Bonchev–Trinajstić information content (AvgIpc) is 3.29. The molecule has 1 aliphatic rings. The van der Waals surface area contributed by atoms with E-state index in [1.54, 1.807) is 35.1 Å². The van der Waals surface area contributed by atoms with Crippen LogP contribution in [0.15, 0.2) is 55.4 Å². The Labute approximate surface area is 229 Å². The van der Waals surface area contributed by atoms with Gasteiger partial charge in [-0.15, -0.1) is 0 Å². The van der Waals surface area contributed by atoms with Crippen molar-refractivity contribution in [1.82, 2.24) is 34.6 Å². The van der Waals surface area contributed by atoms with Gasteiger partial charge < -0.3 is 24.7 Å². The van der Waals surface area contributed by atoms with E-state index in [0.29, 0.717) is 50.8 Å². The van der Waals surface area contributed by atoms with Crippen LogP contribution in [0.5, 0.6) is 11.8 Å². The molecule has 39 heavy (non-hydrogen) atoms. The summed E-state index contributed by atoms with van der Waals surface area (Å²) in [4.78, 5) is 37.7. The van der Waals surface area contributed by atoms with Crippen molar-refractivity contribution in [3.8, 4) is 11.8 Å². The van der Waals surface area contributed by atoms with Crippen LogP contribution in [0.4, 0.5) is 11.4 Å². The number of imidazole rings is 1. The van der Waals surface area contributed by atoms with Crippen LogP contribution >= 0.6 is 11.6 Å². The minimum Gasteiger partial charge on any atom is -0.420 e. The Morgan fingerprint density at radius 1 is 1.05 bits per heavy atom. The lowest BCUT2D eigenvalue weighted by Gasteiger charge is -2.38. The first-order valence-electron chi connectivity index (χ1n) is 12.5. The zero-order valence-corrected chi connectivity index (χ0v) is 22.3. The van der Waals surface area contributed by atoms with E-state index in [2.05, 4.69) is 54.3 Å². The zero-order valence-electron chi connectivity index (χ0n) is 21.6. The minimum absolute atomic E-state index is 0.110. The number of aryl methyl sites for hydroxylation is 1. The summed E-state index contributed by atoms with van der Waals surface area (Å²) in [6.45, 7) is 7.88. The number of amides is 1. The minimum atomic E-state index is -0.320. The highest BCUT2D eigenvalue weighted by atomic mass is 35.5. The van der Waals surface area contributed by atoms with Gasteiger partial charge in [-0.3, -0.25) is 14.8 Å². The molecular weight excluding hydrogens is 518 g/mol. The third-order valence-corrected chi connectivity index (χ3v) is 6.64. The molecule has 1 aliphatic heterocycles. The van der Waals surface area contributed by atoms with Crippen LogP contribution in [-0.4, -0.2) is 60.4 Å². The molecule has 2 unspecified atom stereocenters. The van der Waals surface area contributed by atoms with Crippen LogP contribution in [0.2, 0.25) is 5.02 Å². The Bertz CT molecular complexity index is 1680. The summed E-state index contributed by atoms with van der Waals surface area (Å²) in [5.74, 6) is 0.0594. The van der Waals surface area contributed by atoms with Crippen molar-refractivity contribution in [3.05, 3.63) is 71.7 Å². The predicted octanol–water partition coefficient (Wildman–Crippen LogP) is 4.26. The van der Waals surface area contributed by atoms with Gasteiger partial charge in [-0.05, 0) is 32.9 Å². The summed E-state index contributed by atoms with van der Waals surface area (Å²) < 4.78 is 7.69. The molecule has 6 rings (SSSR count). The maximum absolute atomic E-state index is 13.6. The Morgan fingerprint density at radius 2 is 1.77 bits per heavy atom. The van der Waals surface area contributed by atoms with E-state index in [4.69, 9.17) is 16.3 Å². The number of anilines is 2. The number of piperazine rings is 1. The van der Waals surface area contributed by atoms with Gasteiger partial charge in [0.15, 0.2) is 11.4 Å². The summed E-state index contributed by atoms with van der Waals surface area (Å²) in [6.07, 6.45) is 9.76. The van der Waals surface area contributed by atoms with E-state index in [1.165, 1.54) is 12.4 Å². The molecule has 1 saturated heterocycles. The third-order valence-electron chi connectivity index (χ3n) is 6.44. The number of nitrogens with zero attached hydrogens (tertiary/aromatic N) is 7. The quantitative estimate of drug-likeness (QED) is 0.334. The van der Waals surface area contributed by atoms with Crippen molar-refractivity contribution in [2.24, 2.45) is 0 Å². The molecule has 0 aliphatic carbocycles. The molecule has 1 fully saturated rings. The molecule has 11 nitrogen and oxygen atoms in total. The van der Waals surface area contributed by atoms with Crippen molar-refractivity contribution < 1.29 is 9.53 Å². The van der Waals surface area contributed by atoms with Gasteiger partial charge in [0.1, 0.15) is 11.0 Å². The first-order chi connectivity index (χ1) is 18.8. The Balaban J connectivity index is 1.34. The first kappa shape index (κ1) is 25.0. The standard InChI is InChI=1S/C27H26ClN9O2/c1-15-11-36(12-16(2)33-15)21-5-4-20(23-24(21)30-7-6-29-23)26(38)35-19-8-22(25-34-17(3)13-37(25)14-19)39-27-31-9-18(28)10-32-27/h4-10,13-16,33H,11-12H2,1-3H3,(H,35,38). The van der Waals surface area contributed by atoms with E-state index >= 15 is 0 Å². The number of ether oxygens (including phenoxy) is 1. The number of hydrogen-bond acceptors (Lipinski definition) is 9. The lowest BCUT2D eigenvalue weighted by atomic mass is 10.1. The number of nitrogens with one attached hydrogen (secondary N) is 2. The molecule has 0 radical (unpaired) electrons. The molecule has 0 spiro atoms. The fourth-order valence-electron chi connectivity index (χ4n) is 4.99. The van der Waals surface area contributed by atoms with Gasteiger partial charge in [0.05, 0.1) is 40.0 Å². The van der Waals surface area contributed by atoms with Gasteiger partial charge in [-0.25, -0.2) is 15.0 Å². The van der Waals surface area contributed by atoms with E-state index in [-0.39, 0.29) is 11.9 Å². The van der Waals surface area contributed by atoms with Crippen molar-refractivity contribution in [2.45, 2.75) is 32.9 Å². The van der Waals surface area contributed by atoms with Crippen molar-refractivity contribution in [1.29, 1.82) is 0 Å². The lowest BCUT2D eigenvalue weighted by molar-refractivity contribution is 0.102. The van der Waals surface area contributed by atoms with E-state index in [0.717, 1.165) is 24.5 Å². The van der Waals surface area contributed by atoms with Crippen LogP contribution in [0.25, 0.3) is 16.7 Å². The second-order valence-corrected chi connectivity index (χ2v) is 10.1. The number of benzene rings is 1. The zero-order chi connectivity index (χ0) is 27.1. The molecule has 2 atom stereocenters. The second kappa shape index (κ2) is 10.1. The van der Waals surface area contributed by atoms with Gasteiger partial charge in [0.25, 0.3) is 5.91 Å². The van der Waals surface area contributed by atoms with Gasteiger partial charge in [0.2, 0.25) is 0 Å². The van der Waals surface area contributed by atoms with Crippen molar-refractivity contribution in [2.75, 3.05) is 23.3 Å². The van der Waals surface area contributed by atoms with Crippen molar-refractivity contribution >= 4 is 45.6 Å². The summed E-state index contributed by atoms with van der Waals surface area (Å²) >= 11 is 5.90. The highest BCUT2D eigenvalue weighted by Crippen LogP contribution is 2.31. The molecule has 0 bridgehead atoms.